The lowest BCUT2D eigenvalue weighted by Crippen LogP contribution is -2.45. The molecular weight excluding hydrogens is 408 g/mol. The van der Waals surface area contributed by atoms with Crippen LogP contribution in [0.2, 0.25) is 0 Å². The molecule has 0 aromatic rings. The van der Waals surface area contributed by atoms with Gasteiger partial charge in [0.1, 0.15) is 0 Å². The van der Waals surface area contributed by atoms with Gasteiger partial charge in [-0.25, -0.2) is 0 Å². The second-order valence-corrected chi connectivity index (χ2v) is 12.6. The van der Waals surface area contributed by atoms with Gasteiger partial charge in [0.15, 0.2) is 0 Å². The molecule has 0 spiro atoms. The molecule has 4 aliphatic carbocycles. The van der Waals surface area contributed by atoms with Gasteiger partial charge in [-0.05, 0) is 104 Å². The topological polar surface area (TPSA) is 0 Å². The Bertz CT molecular complexity index is 628. The molecule has 0 amide bonds. The number of hydrogen-bond donors (Lipinski definition) is 0. The highest BCUT2D eigenvalue weighted by atomic mass is 14.6. The summed E-state index contributed by atoms with van der Waals surface area (Å²) in [4.78, 5) is 0. The van der Waals surface area contributed by atoms with Crippen LogP contribution in [-0.2, 0) is 0 Å². The lowest BCUT2D eigenvalue weighted by molar-refractivity contribution is 0.0333. The molecule has 4 rings (SSSR count). The fourth-order valence-corrected chi connectivity index (χ4v) is 8.86. The highest BCUT2D eigenvalue weighted by Gasteiger charge is 2.55. The second kappa shape index (κ2) is 13.7. The minimum atomic E-state index is 0.449. The van der Waals surface area contributed by atoms with Crippen molar-refractivity contribution in [1.29, 1.82) is 0 Å². The molecule has 0 aromatic heterocycles. The smallest absolute Gasteiger partial charge is 0.0120 e. The van der Waals surface area contributed by atoms with Crippen LogP contribution >= 0.6 is 0 Å². The summed E-state index contributed by atoms with van der Waals surface area (Å²) in [6, 6.07) is 0. The van der Waals surface area contributed by atoms with E-state index in [9.17, 15) is 0 Å². The van der Waals surface area contributed by atoms with Gasteiger partial charge in [0.05, 0.1) is 0 Å². The van der Waals surface area contributed by atoms with Crippen molar-refractivity contribution >= 4 is 0 Å². The molecule has 0 bridgehead atoms. The first-order valence-corrected chi connectivity index (χ1v) is 15.7. The largest absolute Gasteiger partial charge is 0.103 e. The number of rotatable bonds is 7. The van der Waals surface area contributed by atoms with Gasteiger partial charge in [-0.1, -0.05) is 105 Å². The van der Waals surface area contributed by atoms with E-state index in [1.165, 1.54) is 89.9 Å². The van der Waals surface area contributed by atoms with E-state index in [-0.39, 0.29) is 0 Å². The third kappa shape index (κ3) is 6.06. The van der Waals surface area contributed by atoms with E-state index in [1.54, 1.807) is 0 Å². The van der Waals surface area contributed by atoms with Gasteiger partial charge < -0.3 is 0 Å². The predicted molar refractivity (Wildman–Crippen MR) is 154 cm³/mol. The Balaban J connectivity index is 0.000000758. The molecule has 0 saturated heterocycles. The van der Waals surface area contributed by atoms with Gasteiger partial charge in [0.25, 0.3) is 0 Å². The average molecular weight is 471 g/mol. The third-order valence-corrected chi connectivity index (χ3v) is 10.7. The van der Waals surface area contributed by atoms with Crippen LogP contribution in [0.4, 0.5) is 0 Å². The van der Waals surface area contributed by atoms with E-state index in [0.717, 1.165) is 35.5 Å². The van der Waals surface area contributed by atoms with Gasteiger partial charge in [-0.15, -0.1) is 6.58 Å². The summed E-state index contributed by atoms with van der Waals surface area (Å²) in [5.74, 6) is 5.67. The van der Waals surface area contributed by atoms with Crippen molar-refractivity contribution in [3.05, 3.63) is 24.3 Å². The predicted octanol–water partition coefficient (Wildman–Crippen LogP) is 11.4. The molecule has 0 radical (unpaired) electrons. The van der Waals surface area contributed by atoms with E-state index in [2.05, 4.69) is 60.3 Å². The Labute approximate surface area is 215 Å². The summed E-state index contributed by atoms with van der Waals surface area (Å²) in [6.45, 7) is 22.5. The first kappa shape index (κ1) is 29.7. The molecule has 0 aliphatic heterocycles. The Morgan fingerprint density at radius 3 is 2.32 bits per heavy atom. The fraction of sp³-hybridized carbons (Fsp3) is 0.882. The molecule has 3 saturated carbocycles. The average Bonchev–Trinajstić information content (AvgIpc) is 3.22. The van der Waals surface area contributed by atoms with Crippen LogP contribution in [0.15, 0.2) is 24.3 Å². The Hall–Kier alpha value is -0.520. The van der Waals surface area contributed by atoms with Gasteiger partial charge in [-0.2, -0.15) is 0 Å². The maximum Gasteiger partial charge on any atom is -0.0120 e. The summed E-state index contributed by atoms with van der Waals surface area (Å²) >= 11 is 0. The monoisotopic (exact) mass is 470 g/mol. The molecule has 4 aliphatic rings. The Kier molecular flexibility index (Phi) is 12.0. The minimum absolute atomic E-state index is 0.449. The van der Waals surface area contributed by atoms with Crippen molar-refractivity contribution in [2.45, 2.75) is 145 Å². The summed E-state index contributed by atoms with van der Waals surface area (Å²) in [5, 5.41) is 0. The zero-order chi connectivity index (χ0) is 25.4. The van der Waals surface area contributed by atoms with Crippen molar-refractivity contribution in [1.82, 2.24) is 0 Å². The molecule has 8 unspecified atom stereocenters. The molecule has 34 heavy (non-hydrogen) atoms. The van der Waals surface area contributed by atoms with Gasteiger partial charge in [-0.3, -0.25) is 0 Å². The van der Waals surface area contributed by atoms with Crippen molar-refractivity contribution in [2.75, 3.05) is 0 Å². The zero-order valence-corrected chi connectivity index (χ0v) is 24.7. The van der Waals surface area contributed by atoms with Crippen LogP contribution in [0.1, 0.15) is 145 Å². The van der Waals surface area contributed by atoms with Crippen LogP contribution in [0.5, 0.6) is 0 Å². The van der Waals surface area contributed by atoms with Crippen molar-refractivity contribution in [3.63, 3.8) is 0 Å². The standard InChI is InChI=1S/C29H48.C3H8.C2H6/c1-6-9-10-11-21(4)26-14-15-27-25-13-12-22-20-29(7-2,8-3)19-17-23(22)24(25)16-18-28(26,27)5;1-3-2;1-2/h7,16,21-23,25-27H,2,6,8-15,17-20H2,1,3-5H3;3H2,1-2H3;1-2H3. The summed E-state index contributed by atoms with van der Waals surface area (Å²) in [7, 11) is 0. The third-order valence-electron chi connectivity index (χ3n) is 10.7. The SMILES string of the molecule is C=CC1(CC)CCC2C3=CCC4(C)C(C(C)CCCCC)CCC4C3CCC2C1.CC.CCC. The molecule has 0 heterocycles. The first-order valence-electron chi connectivity index (χ1n) is 15.7. The van der Waals surface area contributed by atoms with E-state index in [0.29, 0.717) is 10.8 Å². The zero-order valence-electron chi connectivity index (χ0n) is 24.7. The quantitative estimate of drug-likeness (QED) is 0.256. The molecule has 198 valence electrons. The van der Waals surface area contributed by atoms with Crippen LogP contribution in [0.25, 0.3) is 0 Å². The van der Waals surface area contributed by atoms with Crippen molar-refractivity contribution < 1.29 is 0 Å². The maximum absolute atomic E-state index is 4.24. The first-order chi connectivity index (χ1) is 16.4. The van der Waals surface area contributed by atoms with E-state index in [4.69, 9.17) is 0 Å². The Morgan fingerprint density at radius 2 is 1.71 bits per heavy atom. The summed E-state index contributed by atoms with van der Waals surface area (Å²) < 4.78 is 0. The van der Waals surface area contributed by atoms with Gasteiger partial charge in [0.2, 0.25) is 0 Å². The molecule has 0 nitrogen and oxygen atoms in total. The molecule has 3 fully saturated rings. The lowest BCUT2D eigenvalue weighted by atomic mass is 9.51. The van der Waals surface area contributed by atoms with E-state index >= 15 is 0 Å². The molecule has 0 heteroatoms. The normalized spacial score (nSPS) is 39.1. The highest BCUT2D eigenvalue weighted by Crippen LogP contribution is 2.64. The lowest BCUT2D eigenvalue weighted by Gasteiger charge is -2.54. The number of unbranched alkanes of at least 4 members (excludes halogenated alkanes) is 2. The molecule has 0 aromatic carbocycles. The van der Waals surface area contributed by atoms with Crippen LogP contribution < -0.4 is 0 Å². The molecule has 8 atom stereocenters. The van der Waals surface area contributed by atoms with Crippen molar-refractivity contribution in [3.8, 4) is 0 Å². The Morgan fingerprint density at radius 1 is 1.00 bits per heavy atom. The van der Waals surface area contributed by atoms with Crippen LogP contribution in [-0.4, -0.2) is 0 Å². The van der Waals surface area contributed by atoms with Crippen LogP contribution in [0, 0.1) is 46.3 Å². The number of fused-ring (bicyclic) bond motifs is 5. The van der Waals surface area contributed by atoms with E-state index < -0.39 is 0 Å². The molecule has 0 N–H and O–H groups in total. The van der Waals surface area contributed by atoms with Crippen LogP contribution in [0.3, 0.4) is 0 Å². The number of allylic oxidation sites excluding steroid dienone is 3. The molecular formula is C34H62. The summed E-state index contributed by atoms with van der Waals surface area (Å²) in [6.07, 6.45) is 25.0. The summed E-state index contributed by atoms with van der Waals surface area (Å²) in [5.41, 5.74) is 2.98. The maximum atomic E-state index is 4.24. The second-order valence-electron chi connectivity index (χ2n) is 12.6. The van der Waals surface area contributed by atoms with E-state index in [1.807, 2.05) is 19.4 Å². The van der Waals surface area contributed by atoms with Crippen molar-refractivity contribution in [2.24, 2.45) is 46.3 Å². The number of hydrogen-bond acceptors (Lipinski definition) is 0. The van der Waals surface area contributed by atoms with Gasteiger partial charge >= 0.3 is 0 Å². The van der Waals surface area contributed by atoms with Gasteiger partial charge in [0, 0.05) is 0 Å². The minimum Gasteiger partial charge on any atom is -0.103 e. The highest BCUT2D eigenvalue weighted by molar-refractivity contribution is 5.25. The fourth-order valence-electron chi connectivity index (χ4n) is 8.86.